The van der Waals surface area contributed by atoms with Crippen molar-refractivity contribution in [2.24, 2.45) is 5.92 Å². The maximum atomic E-state index is 3.53. The van der Waals surface area contributed by atoms with Crippen LogP contribution in [0.3, 0.4) is 0 Å². The van der Waals surface area contributed by atoms with Crippen molar-refractivity contribution >= 4 is 22.7 Å². The van der Waals surface area contributed by atoms with Crippen LogP contribution in [0.5, 0.6) is 0 Å². The van der Waals surface area contributed by atoms with E-state index >= 15 is 0 Å². The lowest BCUT2D eigenvalue weighted by Gasteiger charge is -2.10. The summed E-state index contributed by atoms with van der Waals surface area (Å²) < 4.78 is 0. The summed E-state index contributed by atoms with van der Waals surface area (Å²) in [5.74, 6) is 1.95. The first-order chi connectivity index (χ1) is 8.31. The molecule has 0 spiro atoms. The fourth-order valence-corrected chi connectivity index (χ4v) is 2.76. The fraction of sp³-hybridized carbons (Fsp3) is 0.429. The van der Waals surface area contributed by atoms with Crippen molar-refractivity contribution in [3.63, 3.8) is 0 Å². The molecule has 0 bridgehead atoms. The van der Waals surface area contributed by atoms with Gasteiger partial charge in [-0.15, -0.1) is 0 Å². The Morgan fingerprint density at radius 2 is 2.18 bits per heavy atom. The lowest BCUT2D eigenvalue weighted by atomic mass is 10.1. The normalized spacial score (nSPS) is 13.1. The predicted octanol–water partition coefficient (Wildman–Crippen LogP) is 3.26. The molecule has 0 aliphatic heterocycles. The summed E-state index contributed by atoms with van der Waals surface area (Å²) >= 11 is 1.91. The van der Waals surface area contributed by atoms with E-state index in [2.05, 4.69) is 53.9 Å². The minimum absolute atomic E-state index is 0.732. The number of benzene rings is 1. The second kappa shape index (κ2) is 6.12. The molecule has 1 atom stereocenters. The summed E-state index contributed by atoms with van der Waals surface area (Å²) in [6.45, 7) is 4.32. The number of thioether (sulfide) groups is 1. The highest BCUT2D eigenvalue weighted by Crippen LogP contribution is 2.17. The van der Waals surface area contributed by atoms with E-state index in [0.717, 1.165) is 19.0 Å². The first-order valence-electron chi connectivity index (χ1n) is 6.06. The van der Waals surface area contributed by atoms with Crippen molar-refractivity contribution < 1.29 is 0 Å². The maximum absolute atomic E-state index is 3.53. The molecule has 0 fully saturated rings. The highest BCUT2D eigenvalue weighted by atomic mass is 32.2. The molecule has 0 radical (unpaired) electrons. The minimum atomic E-state index is 0.732. The highest BCUT2D eigenvalue weighted by Gasteiger charge is 2.04. The van der Waals surface area contributed by atoms with Crippen LogP contribution in [0.1, 0.15) is 12.5 Å². The van der Waals surface area contributed by atoms with Crippen LogP contribution in [0, 0.1) is 5.92 Å². The molecule has 0 aliphatic carbocycles. The quantitative estimate of drug-likeness (QED) is 0.821. The molecule has 1 aromatic carbocycles. The molecule has 1 unspecified atom stereocenters. The molecule has 0 saturated carbocycles. The molecule has 2 nitrogen and oxygen atoms in total. The third kappa shape index (κ3) is 3.27. The second-order valence-corrected chi connectivity index (χ2v) is 5.46. The van der Waals surface area contributed by atoms with Crippen LogP contribution in [0.4, 0.5) is 0 Å². The summed E-state index contributed by atoms with van der Waals surface area (Å²) in [7, 11) is 0. The van der Waals surface area contributed by atoms with Crippen molar-refractivity contribution in [3.8, 4) is 0 Å². The number of fused-ring (bicyclic) bond motifs is 1. The van der Waals surface area contributed by atoms with Crippen LogP contribution < -0.4 is 5.32 Å². The lowest BCUT2D eigenvalue weighted by Crippen LogP contribution is -2.21. The Morgan fingerprint density at radius 1 is 1.35 bits per heavy atom. The van der Waals surface area contributed by atoms with Crippen molar-refractivity contribution in [3.05, 3.63) is 36.0 Å². The Morgan fingerprint density at radius 3 is 3.00 bits per heavy atom. The smallest absolute Gasteiger partial charge is 0.0457 e. The minimum Gasteiger partial charge on any atom is -0.361 e. The Labute approximate surface area is 107 Å². The van der Waals surface area contributed by atoms with Gasteiger partial charge < -0.3 is 10.3 Å². The predicted molar refractivity (Wildman–Crippen MR) is 77.6 cm³/mol. The largest absolute Gasteiger partial charge is 0.361 e. The molecule has 2 rings (SSSR count). The monoisotopic (exact) mass is 248 g/mol. The Balaban J connectivity index is 1.91. The molecule has 2 aromatic rings. The third-order valence-electron chi connectivity index (χ3n) is 2.93. The van der Waals surface area contributed by atoms with Crippen molar-refractivity contribution in [1.82, 2.24) is 10.3 Å². The number of H-pyrrole nitrogens is 1. The highest BCUT2D eigenvalue weighted by molar-refractivity contribution is 7.98. The zero-order valence-electron chi connectivity index (χ0n) is 10.5. The van der Waals surface area contributed by atoms with E-state index in [0.29, 0.717) is 0 Å². The Hall–Kier alpha value is -0.930. The number of para-hydroxylation sites is 1. The molecule has 0 amide bonds. The van der Waals surface area contributed by atoms with Gasteiger partial charge in [-0.05, 0) is 36.1 Å². The summed E-state index contributed by atoms with van der Waals surface area (Å²) in [5.41, 5.74) is 2.58. The zero-order valence-corrected chi connectivity index (χ0v) is 11.3. The van der Waals surface area contributed by atoms with Gasteiger partial charge in [0, 0.05) is 23.6 Å². The second-order valence-electron chi connectivity index (χ2n) is 4.55. The van der Waals surface area contributed by atoms with Crippen LogP contribution in [-0.2, 0) is 6.54 Å². The molecule has 0 saturated heterocycles. The fourth-order valence-electron chi connectivity index (χ4n) is 2.07. The van der Waals surface area contributed by atoms with E-state index in [1.807, 2.05) is 11.8 Å². The number of aromatic nitrogens is 1. The van der Waals surface area contributed by atoms with Gasteiger partial charge in [0.25, 0.3) is 0 Å². The van der Waals surface area contributed by atoms with Gasteiger partial charge in [0.15, 0.2) is 0 Å². The Bertz CT molecular complexity index is 464. The lowest BCUT2D eigenvalue weighted by molar-refractivity contribution is 0.560. The van der Waals surface area contributed by atoms with Gasteiger partial charge in [-0.1, -0.05) is 25.1 Å². The molecule has 1 aromatic heterocycles. The van der Waals surface area contributed by atoms with Gasteiger partial charge in [0.1, 0.15) is 0 Å². The number of rotatable bonds is 6. The SMILES string of the molecule is CSCC(C)CNCc1c[nH]c2ccccc12. The van der Waals surface area contributed by atoms with Crippen molar-refractivity contribution in [2.75, 3.05) is 18.6 Å². The number of aromatic amines is 1. The van der Waals surface area contributed by atoms with E-state index in [1.54, 1.807) is 0 Å². The number of hydrogen-bond acceptors (Lipinski definition) is 2. The molecular weight excluding hydrogens is 228 g/mol. The molecule has 92 valence electrons. The average Bonchev–Trinajstić information content (AvgIpc) is 2.73. The molecule has 0 aliphatic rings. The van der Waals surface area contributed by atoms with Gasteiger partial charge in [-0.2, -0.15) is 11.8 Å². The number of hydrogen-bond donors (Lipinski definition) is 2. The van der Waals surface area contributed by atoms with Gasteiger partial charge in [-0.3, -0.25) is 0 Å². The molecule has 3 heteroatoms. The van der Waals surface area contributed by atoms with E-state index in [9.17, 15) is 0 Å². The van der Waals surface area contributed by atoms with Crippen LogP contribution in [0.25, 0.3) is 10.9 Å². The molecular formula is C14H20N2S. The van der Waals surface area contributed by atoms with E-state index in [4.69, 9.17) is 0 Å². The Kier molecular flexibility index (Phi) is 4.51. The third-order valence-corrected chi connectivity index (χ3v) is 3.84. The standard InChI is InChI=1S/C14H20N2S/c1-11(10-17-2)7-15-8-12-9-16-14-6-4-3-5-13(12)14/h3-6,9,11,15-16H,7-8,10H2,1-2H3. The zero-order chi connectivity index (χ0) is 12.1. The van der Waals surface area contributed by atoms with Crippen LogP contribution in [0.2, 0.25) is 0 Å². The first-order valence-corrected chi connectivity index (χ1v) is 7.45. The van der Waals surface area contributed by atoms with Gasteiger partial charge in [-0.25, -0.2) is 0 Å². The summed E-state index contributed by atoms with van der Waals surface area (Å²) in [6, 6.07) is 8.45. The van der Waals surface area contributed by atoms with Crippen LogP contribution in [0.15, 0.2) is 30.5 Å². The summed E-state index contributed by atoms with van der Waals surface area (Å²) in [6.07, 6.45) is 4.27. The topological polar surface area (TPSA) is 27.8 Å². The molecule has 2 N–H and O–H groups in total. The van der Waals surface area contributed by atoms with E-state index < -0.39 is 0 Å². The first kappa shape index (κ1) is 12.5. The molecule has 17 heavy (non-hydrogen) atoms. The maximum Gasteiger partial charge on any atom is 0.0457 e. The van der Waals surface area contributed by atoms with Gasteiger partial charge >= 0.3 is 0 Å². The molecule has 1 heterocycles. The summed E-state index contributed by atoms with van der Waals surface area (Å²) in [5, 5.41) is 4.86. The summed E-state index contributed by atoms with van der Waals surface area (Å²) in [4.78, 5) is 3.31. The van der Waals surface area contributed by atoms with Crippen LogP contribution in [-0.4, -0.2) is 23.5 Å². The van der Waals surface area contributed by atoms with E-state index in [1.165, 1.54) is 22.2 Å². The van der Waals surface area contributed by atoms with Gasteiger partial charge in [0.05, 0.1) is 0 Å². The van der Waals surface area contributed by atoms with E-state index in [-0.39, 0.29) is 0 Å². The van der Waals surface area contributed by atoms with Crippen molar-refractivity contribution in [1.29, 1.82) is 0 Å². The van der Waals surface area contributed by atoms with Crippen molar-refractivity contribution in [2.45, 2.75) is 13.5 Å². The van der Waals surface area contributed by atoms with Gasteiger partial charge in [0.2, 0.25) is 0 Å². The van der Waals surface area contributed by atoms with Crippen LogP contribution >= 0.6 is 11.8 Å². The number of nitrogens with one attached hydrogen (secondary N) is 2. The average molecular weight is 248 g/mol.